The number of amides is 1. The summed E-state index contributed by atoms with van der Waals surface area (Å²) in [7, 11) is 0. The highest BCUT2D eigenvalue weighted by molar-refractivity contribution is 6.30. The first-order valence-corrected chi connectivity index (χ1v) is 8.78. The van der Waals surface area contributed by atoms with Crippen molar-refractivity contribution in [2.24, 2.45) is 5.92 Å². The van der Waals surface area contributed by atoms with Crippen molar-refractivity contribution in [2.75, 3.05) is 0 Å². The van der Waals surface area contributed by atoms with Crippen molar-refractivity contribution >= 4 is 17.5 Å². The number of benzene rings is 1. The maximum absolute atomic E-state index is 13.0. The van der Waals surface area contributed by atoms with Gasteiger partial charge in [-0.05, 0) is 56.9 Å². The molecule has 2 aromatic rings. The van der Waals surface area contributed by atoms with Crippen molar-refractivity contribution in [1.82, 2.24) is 19.7 Å². The van der Waals surface area contributed by atoms with E-state index in [1.54, 1.807) is 16.8 Å². The van der Waals surface area contributed by atoms with Gasteiger partial charge in [0.1, 0.15) is 5.82 Å². The molecule has 1 fully saturated rings. The predicted molar refractivity (Wildman–Crippen MR) is 94.6 cm³/mol. The topological polar surface area (TPSA) is 51.0 Å². The third-order valence-electron chi connectivity index (χ3n) is 4.61. The molecule has 0 aliphatic heterocycles. The van der Waals surface area contributed by atoms with Crippen LogP contribution in [0.1, 0.15) is 50.1 Å². The molecule has 0 radical (unpaired) electrons. The summed E-state index contributed by atoms with van der Waals surface area (Å²) in [5, 5.41) is 5.12. The normalized spacial score (nSPS) is 15.6. The Morgan fingerprint density at radius 3 is 2.42 bits per heavy atom. The van der Waals surface area contributed by atoms with Gasteiger partial charge in [-0.3, -0.25) is 4.79 Å². The average Bonchev–Trinajstić information content (AvgIpc) is 3.29. The first-order chi connectivity index (χ1) is 11.4. The summed E-state index contributed by atoms with van der Waals surface area (Å²) in [4.78, 5) is 19.4. The number of carbonyl (C=O) groups is 1. The second kappa shape index (κ2) is 6.55. The number of nitrogens with zero attached hydrogens (tertiary/aromatic N) is 4. The lowest BCUT2D eigenvalue weighted by molar-refractivity contribution is 0.0615. The fourth-order valence-corrected chi connectivity index (χ4v) is 2.91. The number of aromatic nitrogens is 3. The van der Waals surface area contributed by atoms with E-state index in [0.29, 0.717) is 22.8 Å². The van der Waals surface area contributed by atoms with Gasteiger partial charge in [-0.2, -0.15) is 0 Å². The average molecular weight is 347 g/mol. The fourth-order valence-electron chi connectivity index (χ4n) is 2.78. The number of aryl methyl sites for hydroxylation is 1. The summed E-state index contributed by atoms with van der Waals surface area (Å²) in [5.74, 6) is 1.28. The lowest BCUT2D eigenvalue weighted by Crippen LogP contribution is -2.43. The van der Waals surface area contributed by atoms with Crippen molar-refractivity contribution in [3.05, 3.63) is 40.9 Å². The summed E-state index contributed by atoms with van der Waals surface area (Å²) in [6, 6.07) is 7.85. The molecule has 128 valence electrons. The molecule has 1 aromatic carbocycles. The van der Waals surface area contributed by atoms with Gasteiger partial charge in [0.25, 0.3) is 5.91 Å². The molecule has 1 atom stereocenters. The second-order valence-corrected chi connectivity index (χ2v) is 7.24. The molecule has 0 N–H and O–H groups in total. The lowest BCUT2D eigenvalue weighted by atomic mass is 10.0. The molecule has 1 saturated carbocycles. The van der Waals surface area contributed by atoms with Crippen molar-refractivity contribution in [3.63, 3.8) is 0 Å². The lowest BCUT2D eigenvalue weighted by Gasteiger charge is -2.31. The van der Waals surface area contributed by atoms with Gasteiger partial charge < -0.3 is 4.90 Å². The molecule has 1 aliphatic rings. The monoisotopic (exact) mass is 346 g/mol. The number of rotatable bonds is 5. The maximum Gasteiger partial charge on any atom is 0.294 e. The smallest absolute Gasteiger partial charge is 0.294 e. The van der Waals surface area contributed by atoms with Crippen molar-refractivity contribution < 1.29 is 4.79 Å². The molecular formula is C18H23ClN4O. The van der Waals surface area contributed by atoms with Crippen LogP contribution in [0.2, 0.25) is 5.02 Å². The number of carbonyl (C=O) groups excluding carboxylic acids is 1. The molecule has 3 rings (SSSR count). The number of halogens is 1. The zero-order chi connectivity index (χ0) is 17.4. The van der Waals surface area contributed by atoms with E-state index in [0.717, 1.165) is 18.5 Å². The van der Waals surface area contributed by atoms with Crippen LogP contribution in [0, 0.1) is 12.8 Å². The molecule has 6 heteroatoms. The Balaban J connectivity index is 1.90. The van der Waals surface area contributed by atoms with Gasteiger partial charge >= 0.3 is 0 Å². The summed E-state index contributed by atoms with van der Waals surface area (Å²) in [6.07, 6.45) is 2.14. The Kier molecular flexibility index (Phi) is 4.63. The molecule has 1 aromatic heterocycles. The Morgan fingerprint density at radius 2 is 1.88 bits per heavy atom. The van der Waals surface area contributed by atoms with Crippen LogP contribution in [0.3, 0.4) is 0 Å². The third-order valence-corrected chi connectivity index (χ3v) is 4.86. The zero-order valence-electron chi connectivity index (χ0n) is 14.5. The highest BCUT2D eigenvalue weighted by Crippen LogP contribution is 2.31. The van der Waals surface area contributed by atoms with Crippen molar-refractivity contribution in [2.45, 2.75) is 52.6 Å². The van der Waals surface area contributed by atoms with Crippen LogP contribution in [-0.4, -0.2) is 37.7 Å². The molecule has 0 bridgehead atoms. The van der Waals surface area contributed by atoms with E-state index in [1.165, 1.54) is 0 Å². The van der Waals surface area contributed by atoms with Crippen LogP contribution in [0.4, 0.5) is 0 Å². The predicted octanol–water partition coefficient (Wildman–Crippen LogP) is 3.88. The highest BCUT2D eigenvalue weighted by atomic mass is 35.5. The molecule has 0 saturated heterocycles. The summed E-state index contributed by atoms with van der Waals surface area (Å²) >= 11 is 5.94. The van der Waals surface area contributed by atoms with Gasteiger partial charge in [-0.15, -0.1) is 5.10 Å². The summed E-state index contributed by atoms with van der Waals surface area (Å²) in [6.45, 7) is 8.23. The van der Waals surface area contributed by atoms with Crippen molar-refractivity contribution in [1.29, 1.82) is 0 Å². The van der Waals surface area contributed by atoms with Crippen LogP contribution in [0.5, 0.6) is 0 Å². The van der Waals surface area contributed by atoms with Gasteiger partial charge in [-0.25, -0.2) is 9.67 Å². The van der Waals surface area contributed by atoms with Gasteiger partial charge in [0.05, 0.1) is 5.69 Å². The Bertz CT molecular complexity index is 734. The molecule has 5 nitrogen and oxygen atoms in total. The third kappa shape index (κ3) is 3.31. The first kappa shape index (κ1) is 17.0. The summed E-state index contributed by atoms with van der Waals surface area (Å²) < 4.78 is 1.69. The summed E-state index contributed by atoms with van der Waals surface area (Å²) in [5.41, 5.74) is 0.846. The van der Waals surface area contributed by atoms with Gasteiger partial charge in [0, 0.05) is 17.1 Å². The van der Waals surface area contributed by atoms with E-state index < -0.39 is 0 Å². The Labute approximate surface area is 147 Å². The van der Waals surface area contributed by atoms with E-state index in [2.05, 4.69) is 30.9 Å². The van der Waals surface area contributed by atoms with Gasteiger partial charge in [0.2, 0.25) is 5.82 Å². The molecule has 1 unspecified atom stereocenters. The molecule has 1 heterocycles. The maximum atomic E-state index is 13.0. The Morgan fingerprint density at radius 1 is 1.25 bits per heavy atom. The van der Waals surface area contributed by atoms with Crippen LogP contribution in [0.15, 0.2) is 24.3 Å². The van der Waals surface area contributed by atoms with Crippen LogP contribution < -0.4 is 0 Å². The first-order valence-electron chi connectivity index (χ1n) is 8.40. The van der Waals surface area contributed by atoms with Crippen LogP contribution in [-0.2, 0) is 0 Å². The SMILES string of the molecule is Cc1nc(C(=O)N(C2CC2)C(C)C(C)C)nn1-c1ccc(Cl)cc1. The van der Waals surface area contributed by atoms with Gasteiger partial charge in [0.15, 0.2) is 0 Å². The van der Waals surface area contributed by atoms with E-state index in [4.69, 9.17) is 11.6 Å². The highest BCUT2D eigenvalue weighted by Gasteiger charge is 2.38. The molecular weight excluding hydrogens is 324 g/mol. The van der Waals surface area contributed by atoms with Crippen LogP contribution in [0.25, 0.3) is 5.69 Å². The van der Waals surface area contributed by atoms with Gasteiger partial charge in [-0.1, -0.05) is 25.4 Å². The quantitative estimate of drug-likeness (QED) is 0.825. The minimum absolute atomic E-state index is 0.0745. The van der Waals surface area contributed by atoms with E-state index >= 15 is 0 Å². The van der Waals surface area contributed by atoms with E-state index in [-0.39, 0.29) is 17.8 Å². The van der Waals surface area contributed by atoms with Crippen molar-refractivity contribution in [3.8, 4) is 5.69 Å². The van der Waals surface area contributed by atoms with E-state index in [9.17, 15) is 4.79 Å². The molecule has 0 spiro atoms. The minimum atomic E-state index is -0.0745. The Hall–Kier alpha value is -1.88. The minimum Gasteiger partial charge on any atom is -0.330 e. The van der Waals surface area contributed by atoms with Crippen LogP contribution >= 0.6 is 11.6 Å². The molecule has 1 amide bonds. The standard InChI is InChI=1S/C18H23ClN4O/c1-11(2)12(3)22(15-9-10-15)18(24)17-20-13(4)23(21-17)16-7-5-14(19)6-8-16/h5-8,11-12,15H,9-10H2,1-4H3. The number of hydrogen-bond acceptors (Lipinski definition) is 3. The zero-order valence-corrected chi connectivity index (χ0v) is 15.3. The number of hydrogen-bond donors (Lipinski definition) is 0. The second-order valence-electron chi connectivity index (χ2n) is 6.80. The molecule has 1 aliphatic carbocycles. The fraction of sp³-hybridized carbons (Fsp3) is 0.500. The molecule has 24 heavy (non-hydrogen) atoms. The van der Waals surface area contributed by atoms with E-state index in [1.807, 2.05) is 24.0 Å². The largest absolute Gasteiger partial charge is 0.330 e.